The van der Waals surface area contributed by atoms with Crippen LogP contribution >= 0.6 is 0 Å². The van der Waals surface area contributed by atoms with Gasteiger partial charge in [-0.3, -0.25) is 4.79 Å². The predicted octanol–water partition coefficient (Wildman–Crippen LogP) is 2.92. The number of anilines is 1. The lowest BCUT2D eigenvalue weighted by molar-refractivity contribution is -0.152. The predicted molar refractivity (Wildman–Crippen MR) is 99.3 cm³/mol. The first kappa shape index (κ1) is 16.7. The summed E-state index contributed by atoms with van der Waals surface area (Å²) in [4.78, 5) is 15.2. The van der Waals surface area contributed by atoms with Crippen LogP contribution in [0.25, 0.3) is 0 Å². The lowest BCUT2D eigenvalue weighted by Gasteiger charge is -2.60. The zero-order chi connectivity index (χ0) is 18.6. The van der Waals surface area contributed by atoms with E-state index in [0.717, 1.165) is 43.5 Å². The lowest BCUT2D eigenvalue weighted by Crippen LogP contribution is -2.60. The van der Waals surface area contributed by atoms with Gasteiger partial charge in [0.2, 0.25) is 5.91 Å². The zero-order valence-corrected chi connectivity index (χ0v) is 15.8. The summed E-state index contributed by atoms with van der Waals surface area (Å²) in [6, 6.07) is 7.54. The van der Waals surface area contributed by atoms with Gasteiger partial charge in [-0.25, -0.2) is 0 Å². The third-order valence-electron chi connectivity index (χ3n) is 6.80. The summed E-state index contributed by atoms with van der Waals surface area (Å²) in [5.74, 6) is 2.76. The molecule has 2 unspecified atom stereocenters. The number of methoxy groups -OCH3 is 1. The fourth-order valence-corrected chi connectivity index (χ4v) is 6.14. The number of hydrogen-bond donors (Lipinski definition) is 1. The van der Waals surface area contributed by atoms with Crippen LogP contribution in [0.5, 0.6) is 5.75 Å². The molecule has 1 aromatic heterocycles. The molecule has 0 aliphatic heterocycles. The molecule has 7 heteroatoms. The van der Waals surface area contributed by atoms with Crippen LogP contribution < -0.4 is 10.1 Å². The SMILES string of the molecule is COc1ccc(NC(=O)C23CC4CC(C2)CC(n2nnc(C)n2)(C4)C3)cc1. The molecule has 0 saturated heterocycles. The van der Waals surface area contributed by atoms with Crippen molar-refractivity contribution in [3.63, 3.8) is 0 Å². The number of aromatic nitrogens is 4. The van der Waals surface area contributed by atoms with Gasteiger partial charge in [0.1, 0.15) is 5.75 Å². The first-order valence-electron chi connectivity index (χ1n) is 9.73. The topological polar surface area (TPSA) is 81.9 Å². The number of ether oxygens (including phenoxy) is 1. The van der Waals surface area contributed by atoms with Gasteiger partial charge in [-0.15, -0.1) is 10.2 Å². The Bertz CT molecular complexity index is 861. The molecule has 1 aromatic carbocycles. The van der Waals surface area contributed by atoms with Crippen molar-refractivity contribution in [3.05, 3.63) is 30.1 Å². The molecule has 4 saturated carbocycles. The van der Waals surface area contributed by atoms with E-state index in [1.807, 2.05) is 36.0 Å². The highest BCUT2D eigenvalue weighted by Gasteiger charge is 2.62. The molecule has 0 radical (unpaired) electrons. The van der Waals surface area contributed by atoms with Crippen molar-refractivity contribution < 1.29 is 9.53 Å². The maximum Gasteiger partial charge on any atom is 0.230 e. The highest BCUT2D eigenvalue weighted by atomic mass is 16.5. The summed E-state index contributed by atoms with van der Waals surface area (Å²) in [7, 11) is 1.64. The summed E-state index contributed by atoms with van der Waals surface area (Å²) in [5, 5.41) is 16.1. The van der Waals surface area contributed by atoms with E-state index in [0.29, 0.717) is 17.7 Å². The van der Waals surface area contributed by atoms with Gasteiger partial charge in [0.15, 0.2) is 5.82 Å². The Morgan fingerprint density at radius 1 is 1.19 bits per heavy atom. The van der Waals surface area contributed by atoms with Gasteiger partial charge in [-0.05, 0) is 86.8 Å². The van der Waals surface area contributed by atoms with Crippen molar-refractivity contribution in [1.29, 1.82) is 0 Å². The Morgan fingerprint density at radius 2 is 1.89 bits per heavy atom. The van der Waals surface area contributed by atoms with Crippen LogP contribution in [0.2, 0.25) is 0 Å². The first-order valence-corrected chi connectivity index (χ1v) is 9.73. The standard InChI is InChI=1S/C20H25N5O2/c1-13-22-24-25(23-13)20-10-14-7-15(11-20)9-19(8-14,12-20)18(26)21-16-3-5-17(27-2)6-4-16/h3-6,14-15H,7-12H2,1-2H3,(H,21,26). The number of carbonyl (C=O) groups is 1. The van der Waals surface area contributed by atoms with Gasteiger partial charge in [-0.2, -0.15) is 4.80 Å². The summed E-state index contributed by atoms with van der Waals surface area (Å²) >= 11 is 0. The van der Waals surface area contributed by atoms with Crippen molar-refractivity contribution in [2.45, 2.75) is 51.0 Å². The summed E-state index contributed by atoms with van der Waals surface area (Å²) in [6.45, 7) is 1.87. The van der Waals surface area contributed by atoms with Crippen LogP contribution in [0, 0.1) is 24.2 Å². The number of carbonyl (C=O) groups excluding carboxylic acids is 1. The quantitative estimate of drug-likeness (QED) is 0.898. The Hall–Kier alpha value is -2.44. The summed E-state index contributed by atoms with van der Waals surface area (Å²) < 4.78 is 5.20. The molecule has 6 rings (SSSR count). The van der Waals surface area contributed by atoms with Gasteiger partial charge >= 0.3 is 0 Å². The number of amides is 1. The molecule has 142 valence electrons. The second-order valence-corrected chi connectivity index (χ2v) is 8.77. The average Bonchev–Trinajstić information content (AvgIpc) is 3.09. The van der Waals surface area contributed by atoms with Crippen molar-refractivity contribution in [1.82, 2.24) is 20.2 Å². The van der Waals surface area contributed by atoms with Crippen molar-refractivity contribution in [2.75, 3.05) is 12.4 Å². The van der Waals surface area contributed by atoms with E-state index in [1.54, 1.807) is 7.11 Å². The largest absolute Gasteiger partial charge is 0.497 e. The molecule has 7 nitrogen and oxygen atoms in total. The van der Waals surface area contributed by atoms with Crippen LogP contribution in [0.15, 0.2) is 24.3 Å². The molecular formula is C20H25N5O2. The zero-order valence-electron chi connectivity index (χ0n) is 15.8. The van der Waals surface area contributed by atoms with Gasteiger partial charge in [0.25, 0.3) is 0 Å². The molecule has 2 aromatic rings. The minimum atomic E-state index is -0.328. The number of nitrogens with zero attached hydrogens (tertiary/aromatic N) is 4. The van der Waals surface area contributed by atoms with Crippen LogP contribution in [0.4, 0.5) is 5.69 Å². The molecule has 0 spiro atoms. The van der Waals surface area contributed by atoms with Crippen LogP contribution in [-0.4, -0.2) is 33.2 Å². The second-order valence-electron chi connectivity index (χ2n) is 8.77. The number of hydrogen-bond acceptors (Lipinski definition) is 5. The third-order valence-corrected chi connectivity index (χ3v) is 6.80. The molecule has 4 aliphatic carbocycles. The Kier molecular flexibility index (Phi) is 3.58. The van der Waals surface area contributed by atoms with E-state index in [9.17, 15) is 4.79 Å². The van der Waals surface area contributed by atoms with Crippen LogP contribution in [0.3, 0.4) is 0 Å². The molecule has 1 heterocycles. The second kappa shape index (κ2) is 5.78. The maximum absolute atomic E-state index is 13.4. The van der Waals surface area contributed by atoms with Crippen LogP contribution in [-0.2, 0) is 10.3 Å². The minimum Gasteiger partial charge on any atom is -0.497 e. The fraction of sp³-hybridized carbons (Fsp3) is 0.600. The highest BCUT2D eigenvalue weighted by Crippen LogP contribution is 2.64. The number of tetrazole rings is 1. The Labute approximate surface area is 158 Å². The van der Waals surface area contributed by atoms with E-state index < -0.39 is 0 Å². The summed E-state index contributed by atoms with van der Waals surface area (Å²) in [5.41, 5.74) is 0.342. The lowest BCUT2D eigenvalue weighted by atomic mass is 9.46. The number of benzene rings is 1. The Balaban J connectivity index is 1.43. The van der Waals surface area contributed by atoms with E-state index >= 15 is 0 Å². The van der Waals surface area contributed by atoms with E-state index in [1.165, 1.54) is 6.42 Å². The van der Waals surface area contributed by atoms with E-state index in [4.69, 9.17) is 4.74 Å². The molecule has 4 fully saturated rings. The van der Waals surface area contributed by atoms with Gasteiger partial charge in [0, 0.05) is 5.69 Å². The highest BCUT2D eigenvalue weighted by molar-refractivity contribution is 5.95. The molecule has 1 amide bonds. The fourth-order valence-electron chi connectivity index (χ4n) is 6.14. The third kappa shape index (κ3) is 2.63. The molecule has 4 aliphatic rings. The molecule has 4 bridgehead atoms. The minimum absolute atomic E-state index is 0.142. The number of aryl methyl sites for hydroxylation is 1. The first-order chi connectivity index (χ1) is 13.0. The average molecular weight is 367 g/mol. The number of rotatable bonds is 4. The van der Waals surface area contributed by atoms with Crippen molar-refractivity contribution >= 4 is 11.6 Å². The van der Waals surface area contributed by atoms with Gasteiger partial charge in [0.05, 0.1) is 18.1 Å². The molecule has 27 heavy (non-hydrogen) atoms. The van der Waals surface area contributed by atoms with Crippen molar-refractivity contribution in [3.8, 4) is 5.75 Å². The number of nitrogens with one attached hydrogen (secondary N) is 1. The van der Waals surface area contributed by atoms with Gasteiger partial charge in [-0.1, -0.05) is 0 Å². The van der Waals surface area contributed by atoms with E-state index in [-0.39, 0.29) is 16.9 Å². The van der Waals surface area contributed by atoms with Crippen LogP contribution in [0.1, 0.15) is 44.3 Å². The smallest absolute Gasteiger partial charge is 0.230 e. The molecular weight excluding hydrogens is 342 g/mol. The summed E-state index contributed by atoms with van der Waals surface area (Å²) in [6.07, 6.45) is 6.12. The Morgan fingerprint density at radius 3 is 2.48 bits per heavy atom. The normalized spacial score (nSPS) is 33.9. The molecule has 1 N–H and O–H groups in total. The molecule has 2 atom stereocenters. The van der Waals surface area contributed by atoms with E-state index in [2.05, 4.69) is 20.7 Å². The van der Waals surface area contributed by atoms with Gasteiger partial charge < -0.3 is 10.1 Å². The maximum atomic E-state index is 13.4. The van der Waals surface area contributed by atoms with Crippen molar-refractivity contribution in [2.24, 2.45) is 17.3 Å². The monoisotopic (exact) mass is 367 g/mol.